The lowest BCUT2D eigenvalue weighted by atomic mass is 9.57. The molecule has 0 radical (unpaired) electrons. The van der Waals surface area contributed by atoms with Crippen molar-refractivity contribution in [3.63, 3.8) is 0 Å². The van der Waals surface area contributed by atoms with Gasteiger partial charge in [0, 0.05) is 6.04 Å². The maximum Gasteiger partial charge on any atom is 0.155 e. The van der Waals surface area contributed by atoms with Gasteiger partial charge in [0.15, 0.2) is 9.84 Å². The SMILES string of the molecule is CN(C)C1C2C(CS2(=O)=O)C1(C)C. The summed E-state index contributed by atoms with van der Waals surface area (Å²) in [6.07, 6.45) is 0. The molecule has 3 atom stereocenters. The first-order chi connectivity index (χ1) is 5.78. The Morgan fingerprint density at radius 2 is 1.85 bits per heavy atom. The van der Waals surface area contributed by atoms with E-state index in [-0.39, 0.29) is 16.7 Å². The van der Waals surface area contributed by atoms with E-state index in [1.165, 1.54) is 0 Å². The third-order valence-corrected chi connectivity index (χ3v) is 6.05. The van der Waals surface area contributed by atoms with E-state index in [0.717, 1.165) is 0 Å². The first-order valence-corrected chi connectivity index (χ1v) is 6.38. The Morgan fingerprint density at radius 1 is 1.31 bits per heavy atom. The highest BCUT2D eigenvalue weighted by Crippen LogP contribution is 2.58. The molecule has 1 saturated heterocycles. The molecule has 13 heavy (non-hydrogen) atoms. The molecule has 2 aliphatic rings. The molecule has 2 fully saturated rings. The topological polar surface area (TPSA) is 37.4 Å². The van der Waals surface area contributed by atoms with E-state index in [1.807, 2.05) is 14.1 Å². The first-order valence-electron chi connectivity index (χ1n) is 4.66. The van der Waals surface area contributed by atoms with Gasteiger partial charge in [-0.3, -0.25) is 0 Å². The summed E-state index contributed by atoms with van der Waals surface area (Å²) in [6.45, 7) is 4.35. The summed E-state index contributed by atoms with van der Waals surface area (Å²) in [5.41, 5.74) is 0.180. The molecule has 3 nitrogen and oxygen atoms in total. The summed E-state index contributed by atoms with van der Waals surface area (Å²) in [5.74, 6) is 0.819. The molecule has 1 heterocycles. The van der Waals surface area contributed by atoms with Gasteiger partial charge in [-0.1, -0.05) is 13.8 Å². The monoisotopic (exact) mass is 203 g/mol. The van der Waals surface area contributed by atoms with E-state index >= 15 is 0 Å². The first kappa shape index (κ1) is 9.46. The predicted octanol–water partition coefficient (Wildman–Crippen LogP) is 0.370. The average Bonchev–Trinajstić information content (AvgIpc) is 1.94. The van der Waals surface area contributed by atoms with Gasteiger partial charge in [-0.05, 0) is 25.4 Å². The van der Waals surface area contributed by atoms with E-state index in [0.29, 0.717) is 11.7 Å². The van der Waals surface area contributed by atoms with Crippen LogP contribution < -0.4 is 0 Å². The second-order valence-electron chi connectivity index (χ2n) is 5.13. The summed E-state index contributed by atoms with van der Waals surface area (Å²) in [5, 5.41) is -0.0718. The van der Waals surface area contributed by atoms with Gasteiger partial charge >= 0.3 is 0 Å². The Bertz CT molecular complexity index is 332. The fourth-order valence-corrected chi connectivity index (χ4v) is 6.06. The molecule has 1 saturated carbocycles. The summed E-state index contributed by atoms with van der Waals surface area (Å²) >= 11 is 0. The van der Waals surface area contributed by atoms with Crippen LogP contribution in [0, 0.1) is 11.3 Å². The molecule has 0 N–H and O–H groups in total. The van der Waals surface area contributed by atoms with Gasteiger partial charge in [-0.2, -0.15) is 0 Å². The molecular formula is C9H17NO2S. The third kappa shape index (κ3) is 0.960. The zero-order valence-corrected chi connectivity index (χ0v) is 9.43. The summed E-state index contributed by atoms with van der Waals surface area (Å²) in [7, 11) is 1.21. The number of hydrogen-bond acceptors (Lipinski definition) is 3. The lowest BCUT2D eigenvalue weighted by Crippen LogP contribution is -2.77. The van der Waals surface area contributed by atoms with Crippen molar-refractivity contribution in [3.05, 3.63) is 0 Å². The highest BCUT2D eigenvalue weighted by Gasteiger charge is 2.69. The standard InChI is InChI=1S/C9H17NO2S/c1-9(2)6-5-13(11,12)7(6)8(9)10(3)4/h6-8H,5H2,1-4H3. The minimum Gasteiger partial charge on any atom is -0.305 e. The zero-order chi connectivity index (χ0) is 10.0. The molecule has 0 spiro atoms. The van der Waals surface area contributed by atoms with Gasteiger partial charge in [0.2, 0.25) is 0 Å². The molecule has 0 bridgehead atoms. The predicted molar refractivity (Wildman–Crippen MR) is 52.3 cm³/mol. The Labute approximate surface area is 80.0 Å². The average molecular weight is 203 g/mol. The second kappa shape index (κ2) is 2.28. The van der Waals surface area contributed by atoms with Crippen molar-refractivity contribution >= 4 is 9.84 Å². The van der Waals surface area contributed by atoms with Crippen molar-refractivity contribution in [2.24, 2.45) is 11.3 Å². The van der Waals surface area contributed by atoms with E-state index in [9.17, 15) is 8.42 Å². The number of rotatable bonds is 1. The van der Waals surface area contributed by atoms with Crippen LogP contribution in [0.2, 0.25) is 0 Å². The third-order valence-electron chi connectivity index (χ3n) is 3.81. The minimum absolute atomic E-state index is 0.0718. The van der Waals surface area contributed by atoms with Crippen LogP contribution in [-0.2, 0) is 9.84 Å². The molecular weight excluding hydrogens is 186 g/mol. The molecule has 2 rings (SSSR count). The van der Waals surface area contributed by atoms with Crippen LogP contribution in [0.5, 0.6) is 0 Å². The fraction of sp³-hybridized carbons (Fsp3) is 1.00. The van der Waals surface area contributed by atoms with Gasteiger partial charge < -0.3 is 4.90 Å². The van der Waals surface area contributed by atoms with E-state index in [2.05, 4.69) is 18.7 Å². The lowest BCUT2D eigenvalue weighted by Gasteiger charge is -2.65. The molecule has 0 aromatic rings. The van der Waals surface area contributed by atoms with Gasteiger partial charge in [-0.15, -0.1) is 0 Å². The second-order valence-corrected chi connectivity index (χ2v) is 7.33. The normalized spacial score (nSPS) is 44.8. The summed E-state index contributed by atoms with van der Waals surface area (Å²) in [4.78, 5) is 2.05. The smallest absolute Gasteiger partial charge is 0.155 e. The van der Waals surface area contributed by atoms with Crippen molar-refractivity contribution in [1.82, 2.24) is 4.90 Å². The quantitative estimate of drug-likeness (QED) is 0.618. The molecule has 0 amide bonds. The molecule has 0 aromatic carbocycles. The van der Waals surface area contributed by atoms with E-state index in [1.54, 1.807) is 0 Å². The van der Waals surface area contributed by atoms with Crippen LogP contribution in [0.3, 0.4) is 0 Å². The van der Waals surface area contributed by atoms with Crippen LogP contribution in [0.4, 0.5) is 0 Å². The van der Waals surface area contributed by atoms with Crippen LogP contribution in [0.1, 0.15) is 13.8 Å². The van der Waals surface area contributed by atoms with Crippen LogP contribution in [0.25, 0.3) is 0 Å². The Hall–Kier alpha value is -0.0900. The van der Waals surface area contributed by atoms with Crippen molar-refractivity contribution in [3.8, 4) is 0 Å². The number of sulfone groups is 1. The van der Waals surface area contributed by atoms with E-state index in [4.69, 9.17) is 0 Å². The zero-order valence-electron chi connectivity index (χ0n) is 8.61. The highest BCUT2D eigenvalue weighted by molar-refractivity contribution is 7.93. The van der Waals surface area contributed by atoms with Crippen LogP contribution in [-0.4, -0.2) is 44.5 Å². The molecule has 1 aliphatic carbocycles. The van der Waals surface area contributed by atoms with Gasteiger partial charge in [-0.25, -0.2) is 8.42 Å². The van der Waals surface area contributed by atoms with Crippen LogP contribution in [0.15, 0.2) is 0 Å². The maximum absolute atomic E-state index is 11.5. The van der Waals surface area contributed by atoms with E-state index < -0.39 is 9.84 Å². The van der Waals surface area contributed by atoms with Gasteiger partial charge in [0.25, 0.3) is 0 Å². The summed E-state index contributed by atoms with van der Waals surface area (Å²) < 4.78 is 22.9. The Balaban J connectivity index is 2.28. The van der Waals surface area contributed by atoms with Crippen molar-refractivity contribution < 1.29 is 8.42 Å². The molecule has 3 unspecified atom stereocenters. The Kier molecular flexibility index (Phi) is 1.66. The van der Waals surface area contributed by atoms with Crippen molar-refractivity contribution in [2.45, 2.75) is 25.1 Å². The number of hydrogen-bond donors (Lipinski definition) is 0. The Morgan fingerprint density at radius 3 is 2.15 bits per heavy atom. The largest absolute Gasteiger partial charge is 0.305 e. The molecule has 1 aliphatic heterocycles. The number of nitrogens with zero attached hydrogens (tertiary/aromatic N) is 1. The molecule has 4 heteroatoms. The molecule has 76 valence electrons. The van der Waals surface area contributed by atoms with Crippen molar-refractivity contribution in [1.29, 1.82) is 0 Å². The summed E-state index contributed by atoms with van der Waals surface area (Å²) in [6, 6.07) is 0.219. The minimum atomic E-state index is -2.73. The lowest BCUT2D eigenvalue weighted by molar-refractivity contribution is -0.0397. The van der Waals surface area contributed by atoms with Crippen LogP contribution >= 0.6 is 0 Å². The fourth-order valence-electron chi connectivity index (χ4n) is 3.12. The van der Waals surface area contributed by atoms with Crippen molar-refractivity contribution in [2.75, 3.05) is 19.8 Å². The van der Waals surface area contributed by atoms with Gasteiger partial charge in [0.1, 0.15) is 0 Å². The number of fused-ring (bicyclic) bond motifs is 1. The highest BCUT2D eigenvalue weighted by atomic mass is 32.2. The molecule has 0 aromatic heterocycles. The maximum atomic E-state index is 11.5. The van der Waals surface area contributed by atoms with Gasteiger partial charge in [0.05, 0.1) is 11.0 Å².